The Morgan fingerprint density at radius 1 is 1.20 bits per heavy atom. The van der Waals surface area contributed by atoms with E-state index in [9.17, 15) is 0 Å². The molecule has 1 spiro atoms. The minimum Gasteiger partial charge on any atom is -0.376 e. The van der Waals surface area contributed by atoms with E-state index in [2.05, 4.69) is 33.0 Å². The van der Waals surface area contributed by atoms with Crippen molar-refractivity contribution in [1.29, 1.82) is 0 Å². The van der Waals surface area contributed by atoms with Gasteiger partial charge in [-0.3, -0.25) is 0 Å². The highest BCUT2D eigenvalue weighted by Gasteiger charge is 2.56. The monoisotopic (exact) mass is 211 g/mol. The molecule has 1 aliphatic carbocycles. The van der Waals surface area contributed by atoms with Crippen molar-refractivity contribution >= 4 is 0 Å². The average molecular weight is 211 g/mol. The maximum Gasteiger partial charge on any atom is 0.0556 e. The Kier molecular flexibility index (Phi) is 3.09. The van der Waals surface area contributed by atoms with Gasteiger partial charge < -0.3 is 10.1 Å². The predicted molar refractivity (Wildman–Crippen MR) is 62.9 cm³/mol. The van der Waals surface area contributed by atoms with Crippen LogP contribution in [0.1, 0.15) is 47.0 Å². The summed E-state index contributed by atoms with van der Waals surface area (Å²) in [4.78, 5) is 0. The molecule has 3 unspecified atom stereocenters. The summed E-state index contributed by atoms with van der Waals surface area (Å²) in [5, 5.41) is 3.57. The molecule has 1 aliphatic heterocycles. The van der Waals surface area contributed by atoms with Crippen LogP contribution in [0, 0.1) is 11.3 Å². The second-order valence-electron chi connectivity index (χ2n) is 5.99. The van der Waals surface area contributed by atoms with Crippen LogP contribution in [-0.2, 0) is 4.74 Å². The zero-order valence-electron chi connectivity index (χ0n) is 10.5. The van der Waals surface area contributed by atoms with Crippen LogP contribution in [0.4, 0.5) is 0 Å². The molecule has 1 saturated heterocycles. The van der Waals surface area contributed by atoms with Gasteiger partial charge in [0.05, 0.1) is 12.2 Å². The van der Waals surface area contributed by atoms with Crippen molar-refractivity contribution in [2.45, 2.75) is 65.2 Å². The van der Waals surface area contributed by atoms with E-state index in [1.165, 1.54) is 25.8 Å². The van der Waals surface area contributed by atoms with Crippen molar-refractivity contribution in [3.8, 4) is 0 Å². The Morgan fingerprint density at radius 3 is 2.33 bits per heavy atom. The molecule has 15 heavy (non-hydrogen) atoms. The lowest BCUT2D eigenvalue weighted by Gasteiger charge is -2.33. The maximum absolute atomic E-state index is 5.82. The summed E-state index contributed by atoms with van der Waals surface area (Å²) < 4.78 is 5.82. The van der Waals surface area contributed by atoms with Gasteiger partial charge >= 0.3 is 0 Å². The SMILES string of the molecule is CC(C)NCC1CC12CC(C)OC(C)C2. The van der Waals surface area contributed by atoms with Crippen LogP contribution in [0.3, 0.4) is 0 Å². The Labute approximate surface area is 93.8 Å². The zero-order chi connectivity index (χ0) is 11.1. The van der Waals surface area contributed by atoms with Crippen LogP contribution in [0.25, 0.3) is 0 Å². The van der Waals surface area contributed by atoms with Crippen molar-refractivity contribution in [2.24, 2.45) is 11.3 Å². The van der Waals surface area contributed by atoms with Crippen molar-refractivity contribution in [3.63, 3.8) is 0 Å². The Balaban J connectivity index is 1.83. The summed E-state index contributed by atoms with van der Waals surface area (Å²) in [6.07, 6.45) is 4.92. The first-order valence-electron chi connectivity index (χ1n) is 6.41. The number of hydrogen-bond acceptors (Lipinski definition) is 2. The predicted octanol–water partition coefficient (Wildman–Crippen LogP) is 2.58. The van der Waals surface area contributed by atoms with E-state index in [4.69, 9.17) is 4.74 Å². The van der Waals surface area contributed by atoms with E-state index in [0.717, 1.165) is 5.92 Å². The first-order valence-corrected chi connectivity index (χ1v) is 6.41. The van der Waals surface area contributed by atoms with Crippen LogP contribution < -0.4 is 5.32 Å². The topological polar surface area (TPSA) is 21.3 Å². The molecule has 1 N–H and O–H groups in total. The van der Waals surface area contributed by atoms with Crippen LogP contribution in [0.2, 0.25) is 0 Å². The first-order chi connectivity index (χ1) is 7.02. The van der Waals surface area contributed by atoms with E-state index in [-0.39, 0.29) is 0 Å². The summed E-state index contributed by atoms with van der Waals surface area (Å²) in [6, 6.07) is 0.623. The highest BCUT2D eigenvalue weighted by molar-refractivity contribution is 5.06. The number of ether oxygens (including phenoxy) is 1. The Hall–Kier alpha value is -0.0800. The van der Waals surface area contributed by atoms with Gasteiger partial charge in [0.2, 0.25) is 0 Å². The van der Waals surface area contributed by atoms with Crippen LogP contribution in [0.5, 0.6) is 0 Å². The summed E-state index contributed by atoms with van der Waals surface area (Å²) >= 11 is 0. The lowest BCUT2D eigenvalue weighted by molar-refractivity contribution is -0.0626. The molecule has 0 radical (unpaired) electrons. The molecule has 2 heteroatoms. The molecule has 0 aromatic heterocycles. The molecule has 2 rings (SSSR count). The van der Waals surface area contributed by atoms with Gasteiger partial charge in [0.15, 0.2) is 0 Å². The molecule has 0 aromatic rings. The molecule has 2 fully saturated rings. The number of nitrogens with one attached hydrogen (secondary N) is 1. The summed E-state index contributed by atoms with van der Waals surface area (Å²) in [5.41, 5.74) is 0.638. The molecule has 1 heterocycles. The molecular weight excluding hydrogens is 186 g/mol. The third-order valence-corrected chi connectivity index (χ3v) is 3.98. The lowest BCUT2D eigenvalue weighted by atomic mass is 9.87. The van der Waals surface area contributed by atoms with Gasteiger partial charge in [0, 0.05) is 6.04 Å². The van der Waals surface area contributed by atoms with Gasteiger partial charge in [0.1, 0.15) is 0 Å². The number of rotatable bonds is 3. The highest BCUT2D eigenvalue weighted by atomic mass is 16.5. The minimum absolute atomic E-state index is 0.470. The van der Waals surface area contributed by atoms with E-state index < -0.39 is 0 Å². The summed E-state index contributed by atoms with van der Waals surface area (Å²) in [7, 11) is 0. The van der Waals surface area contributed by atoms with Gasteiger partial charge in [-0.1, -0.05) is 13.8 Å². The smallest absolute Gasteiger partial charge is 0.0556 e. The third-order valence-electron chi connectivity index (χ3n) is 3.98. The van der Waals surface area contributed by atoms with Crippen LogP contribution in [0.15, 0.2) is 0 Å². The van der Waals surface area contributed by atoms with Gasteiger partial charge in [0.25, 0.3) is 0 Å². The van der Waals surface area contributed by atoms with E-state index in [1.54, 1.807) is 0 Å². The van der Waals surface area contributed by atoms with E-state index >= 15 is 0 Å². The molecule has 2 aliphatic rings. The van der Waals surface area contributed by atoms with Crippen LogP contribution >= 0.6 is 0 Å². The highest BCUT2D eigenvalue weighted by Crippen LogP contribution is 2.60. The molecule has 0 amide bonds. The van der Waals surface area contributed by atoms with Crippen molar-refractivity contribution in [3.05, 3.63) is 0 Å². The van der Waals surface area contributed by atoms with Gasteiger partial charge in [-0.25, -0.2) is 0 Å². The zero-order valence-corrected chi connectivity index (χ0v) is 10.5. The largest absolute Gasteiger partial charge is 0.376 e. The normalized spacial score (nSPS) is 45.0. The second-order valence-corrected chi connectivity index (χ2v) is 5.99. The van der Waals surface area contributed by atoms with Gasteiger partial charge in [-0.15, -0.1) is 0 Å². The quantitative estimate of drug-likeness (QED) is 0.774. The minimum atomic E-state index is 0.470. The van der Waals surface area contributed by atoms with Gasteiger partial charge in [-0.2, -0.15) is 0 Å². The fourth-order valence-electron chi connectivity index (χ4n) is 3.32. The Bertz CT molecular complexity index is 217. The molecular formula is C13H25NO. The third kappa shape index (κ3) is 2.54. The molecule has 1 saturated carbocycles. The van der Waals surface area contributed by atoms with E-state index in [0.29, 0.717) is 23.7 Å². The first kappa shape index (κ1) is 11.4. The van der Waals surface area contributed by atoms with Crippen LogP contribution in [-0.4, -0.2) is 24.8 Å². The van der Waals surface area contributed by atoms with Crippen molar-refractivity contribution in [1.82, 2.24) is 5.32 Å². The van der Waals surface area contributed by atoms with Crippen molar-refractivity contribution in [2.75, 3.05) is 6.54 Å². The summed E-state index contributed by atoms with van der Waals surface area (Å²) in [6.45, 7) is 10.1. The molecule has 2 nitrogen and oxygen atoms in total. The van der Waals surface area contributed by atoms with E-state index in [1.807, 2.05) is 0 Å². The Morgan fingerprint density at radius 2 is 1.80 bits per heavy atom. The lowest BCUT2D eigenvalue weighted by Crippen LogP contribution is -2.33. The standard InChI is InChI=1S/C13H25NO/c1-9(2)14-8-12-7-13(12)5-10(3)15-11(4)6-13/h9-12,14H,5-8H2,1-4H3. The molecule has 0 aromatic carbocycles. The average Bonchev–Trinajstić information content (AvgIpc) is 2.72. The van der Waals surface area contributed by atoms with Crippen molar-refractivity contribution < 1.29 is 4.74 Å². The molecule has 88 valence electrons. The summed E-state index contributed by atoms with van der Waals surface area (Å²) in [5.74, 6) is 0.911. The second kappa shape index (κ2) is 4.06. The number of hydrogen-bond donors (Lipinski definition) is 1. The fourth-order valence-corrected chi connectivity index (χ4v) is 3.32. The maximum atomic E-state index is 5.82. The molecule has 3 atom stereocenters. The fraction of sp³-hybridized carbons (Fsp3) is 1.00. The van der Waals surface area contributed by atoms with Gasteiger partial charge in [-0.05, 0) is 51.0 Å². The molecule has 0 bridgehead atoms.